The molecule has 0 amide bonds. The van der Waals surface area contributed by atoms with Crippen molar-refractivity contribution >= 4 is 11.5 Å². The molecule has 2 aromatic rings. The molecule has 7 nitrogen and oxygen atoms in total. The molecule has 2 aliphatic rings. The first-order chi connectivity index (χ1) is 14.9. The number of hydrogen-bond donors (Lipinski definition) is 1. The van der Waals surface area contributed by atoms with E-state index < -0.39 is 17.2 Å². The van der Waals surface area contributed by atoms with Gasteiger partial charge in [0.05, 0.1) is 16.6 Å². The molecule has 0 fully saturated rings. The maximum atomic E-state index is 13.9. The highest BCUT2D eigenvalue weighted by Crippen LogP contribution is 2.28. The van der Waals surface area contributed by atoms with Crippen LogP contribution < -0.4 is 10.9 Å². The Balaban J connectivity index is 2.11. The number of aryl methyl sites for hydroxylation is 1. The van der Waals surface area contributed by atoms with Crippen LogP contribution in [0.3, 0.4) is 0 Å². The molecule has 1 aliphatic heterocycles. The van der Waals surface area contributed by atoms with Crippen molar-refractivity contribution in [1.82, 2.24) is 14.5 Å². The van der Waals surface area contributed by atoms with E-state index in [9.17, 15) is 19.2 Å². The van der Waals surface area contributed by atoms with Crippen molar-refractivity contribution < 1.29 is 14.4 Å². The summed E-state index contributed by atoms with van der Waals surface area (Å²) in [6.07, 6.45) is 1.48. The normalized spacial score (nSPS) is 11.8. The van der Waals surface area contributed by atoms with Crippen LogP contribution in [-0.2, 0) is 6.54 Å². The van der Waals surface area contributed by atoms with Crippen molar-refractivity contribution in [1.29, 1.82) is 0 Å². The second kappa shape index (κ2) is 7.98. The maximum Gasteiger partial charge on any atom is 0.293 e. The van der Waals surface area contributed by atoms with Gasteiger partial charge in [0.1, 0.15) is 17.2 Å². The lowest BCUT2D eigenvalue weighted by Gasteiger charge is -2.13. The Bertz CT molecular complexity index is 1400. The predicted octanol–water partition coefficient (Wildman–Crippen LogP) is 3.65. The Morgan fingerprint density at radius 2 is 1.94 bits per heavy atom. The van der Waals surface area contributed by atoms with Crippen molar-refractivity contribution in [3.05, 3.63) is 87.9 Å². The molecule has 4 rings (SSSR count). The van der Waals surface area contributed by atoms with Crippen LogP contribution in [0.15, 0.2) is 70.6 Å². The van der Waals surface area contributed by atoms with E-state index >= 15 is 0 Å². The van der Waals surface area contributed by atoms with Crippen molar-refractivity contribution in [3.8, 4) is 22.5 Å². The molecular weight excluding hydrogens is 399 g/mol. The molecule has 1 aliphatic carbocycles. The summed E-state index contributed by atoms with van der Waals surface area (Å²) < 4.78 is 16.0. The van der Waals surface area contributed by atoms with E-state index in [1.165, 1.54) is 36.0 Å². The Labute approximate surface area is 176 Å². The summed E-state index contributed by atoms with van der Waals surface area (Å²) in [5.74, 6) is -0.897. The highest BCUT2D eigenvalue weighted by atomic mass is 19.1. The second-order valence-corrected chi connectivity index (χ2v) is 6.93. The van der Waals surface area contributed by atoms with Gasteiger partial charge in [-0.3, -0.25) is 9.59 Å². The first kappa shape index (κ1) is 20.2. The average molecular weight is 418 g/mol. The fraction of sp³-hybridized carbons (Fsp3) is 0.130. The van der Waals surface area contributed by atoms with Crippen LogP contribution in [0.5, 0.6) is 0 Å². The second-order valence-electron chi connectivity index (χ2n) is 6.93. The fourth-order valence-electron chi connectivity index (χ4n) is 3.48. The van der Waals surface area contributed by atoms with Crippen LogP contribution in [0.1, 0.15) is 24.2 Å². The van der Waals surface area contributed by atoms with Crippen molar-refractivity contribution in [3.63, 3.8) is 0 Å². The zero-order valence-corrected chi connectivity index (χ0v) is 16.9. The number of benzene rings is 2. The maximum absolute atomic E-state index is 13.9. The average Bonchev–Trinajstić information content (AvgIpc) is 2.75. The van der Waals surface area contributed by atoms with E-state index in [-0.39, 0.29) is 23.5 Å². The molecule has 0 spiro atoms. The van der Waals surface area contributed by atoms with Gasteiger partial charge in [0.25, 0.3) is 5.56 Å². The molecule has 2 heterocycles. The number of hydrogen-bond acceptors (Lipinski definition) is 5. The number of pyridine rings is 1. The zero-order chi connectivity index (χ0) is 22.1. The smallest absolute Gasteiger partial charge is 0.293 e. The highest BCUT2D eigenvalue weighted by molar-refractivity contribution is 6.04. The summed E-state index contributed by atoms with van der Waals surface area (Å²) in [6, 6.07) is 14.2. The number of carbonyl (C=O) groups is 1. The van der Waals surface area contributed by atoms with Crippen LogP contribution in [0.25, 0.3) is 22.5 Å². The van der Waals surface area contributed by atoms with Gasteiger partial charge in [0, 0.05) is 23.9 Å². The largest absolute Gasteiger partial charge is 0.428 e. The summed E-state index contributed by atoms with van der Waals surface area (Å²) in [6.45, 7) is 3.31. The molecule has 0 radical (unpaired) electrons. The van der Waals surface area contributed by atoms with Gasteiger partial charge in [0.15, 0.2) is 5.78 Å². The van der Waals surface area contributed by atoms with Crippen LogP contribution in [0.4, 0.5) is 10.1 Å². The van der Waals surface area contributed by atoms with Crippen LogP contribution in [0, 0.1) is 5.82 Å². The van der Waals surface area contributed by atoms with Gasteiger partial charge in [-0.05, 0) is 50.2 Å². The summed E-state index contributed by atoms with van der Waals surface area (Å²) in [4.78, 5) is 30.3. The lowest BCUT2D eigenvalue weighted by molar-refractivity contribution is 0.101. The van der Waals surface area contributed by atoms with Crippen molar-refractivity contribution in [2.45, 2.75) is 20.4 Å². The lowest BCUT2D eigenvalue weighted by atomic mass is 10.0. The number of Topliss-reactive ketones (excluding diaryl/α,β-unsaturated/α-hetero) is 1. The zero-order valence-electron chi connectivity index (χ0n) is 16.9. The van der Waals surface area contributed by atoms with Gasteiger partial charge in [-0.2, -0.15) is 9.83 Å². The summed E-state index contributed by atoms with van der Waals surface area (Å²) >= 11 is 0. The number of aromatic nitrogens is 3. The first-order valence-electron chi connectivity index (χ1n) is 9.67. The monoisotopic (exact) mass is 418 g/mol. The third-order valence-electron chi connectivity index (χ3n) is 4.91. The van der Waals surface area contributed by atoms with Crippen LogP contribution in [0.2, 0.25) is 0 Å². The van der Waals surface area contributed by atoms with Crippen molar-refractivity contribution in [2.75, 3.05) is 0 Å². The highest BCUT2D eigenvalue weighted by Gasteiger charge is 2.22. The predicted molar refractivity (Wildman–Crippen MR) is 113 cm³/mol. The third-order valence-corrected chi connectivity index (χ3v) is 4.91. The quantitative estimate of drug-likeness (QED) is 0.405. The number of nitrogens with zero attached hydrogens (tertiary/aromatic N) is 4. The molecule has 0 atom stereocenters. The third kappa shape index (κ3) is 3.63. The standard InChI is InChI=1S/C23H19FN4O3/c1-3-27-23(30)22(25-18-10-5-11-19-17(18)9-6-12-28(19)31)20(14(2)29)21(26-27)15-7-4-8-16(24)13-15/h4-13,31H,3H2,1-2H3. The first-order valence-corrected chi connectivity index (χ1v) is 9.67. The van der Waals surface area contributed by atoms with Gasteiger partial charge in [-0.15, -0.1) is 0 Å². The van der Waals surface area contributed by atoms with Gasteiger partial charge < -0.3 is 5.21 Å². The topological polar surface area (TPSA) is 89.5 Å². The fourth-order valence-corrected chi connectivity index (χ4v) is 3.48. The van der Waals surface area contributed by atoms with E-state index in [2.05, 4.69) is 10.1 Å². The number of ketones is 1. The number of carbonyl (C=O) groups excluding carboxylic acids is 1. The summed E-state index contributed by atoms with van der Waals surface area (Å²) in [7, 11) is 0. The summed E-state index contributed by atoms with van der Waals surface area (Å²) in [5, 5.41) is 14.8. The van der Waals surface area contributed by atoms with Crippen molar-refractivity contribution in [2.24, 2.45) is 4.99 Å². The van der Waals surface area contributed by atoms with E-state index in [0.29, 0.717) is 22.2 Å². The van der Waals surface area contributed by atoms with Gasteiger partial charge in [-0.1, -0.05) is 18.2 Å². The van der Waals surface area contributed by atoms with Gasteiger partial charge >= 0.3 is 0 Å². The number of rotatable bonds is 4. The molecule has 0 saturated heterocycles. The van der Waals surface area contributed by atoms with E-state index in [0.717, 1.165) is 4.73 Å². The Kier molecular flexibility index (Phi) is 5.21. The molecule has 1 aromatic carbocycles. The Morgan fingerprint density at radius 1 is 1.16 bits per heavy atom. The molecule has 0 unspecified atom stereocenters. The summed E-state index contributed by atoms with van der Waals surface area (Å²) in [5.41, 5.74) is 1.05. The van der Waals surface area contributed by atoms with Gasteiger partial charge in [-0.25, -0.2) is 14.1 Å². The Morgan fingerprint density at radius 3 is 2.65 bits per heavy atom. The van der Waals surface area contributed by atoms with Gasteiger partial charge in [0.2, 0.25) is 0 Å². The molecule has 8 heteroatoms. The molecule has 0 bridgehead atoms. The molecular formula is C23H19FN4O3. The number of fused-ring (bicyclic) bond motifs is 1. The minimum absolute atomic E-state index is 0.0186. The van der Waals surface area contributed by atoms with Crippen LogP contribution >= 0.6 is 0 Å². The lowest BCUT2D eigenvalue weighted by Crippen LogP contribution is -2.26. The molecule has 1 aromatic heterocycles. The SMILES string of the molecule is CCn1nc(-c2cccc(F)c2)c(C(C)=O)c(N=c2cccc3n(O)cccc2-3)c1=O. The molecule has 31 heavy (non-hydrogen) atoms. The minimum Gasteiger partial charge on any atom is -0.428 e. The minimum atomic E-state index is -0.530. The van der Waals surface area contributed by atoms with E-state index in [1.54, 1.807) is 43.3 Å². The Hall–Kier alpha value is -4.07. The molecule has 0 saturated carbocycles. The molecule has 156 valence electrons. The molecule has 1 N–H and O–H groups in total. The van der Waals surface area contributed by atoms with Crippen LogP contribution in [-0.4, -0.2) is 25.5 Å². The van der Waals surface area contributed by atoms with E-state index in [1.807, 2.05) is 0 Å². The van der Waals surface area contributed by atoms with E-state index in [4.69, 9.17) is 0 Å². The number of halogens is 1.